The van der Waals surface area contributed by atoms with E-state index in [4.69, 9.17) is 0 Å². The Bertz CT molecular complexity index is 757. The minimum atomic E-state index is -0.893. The Kier molecular flexibility index (Phi) is 2.60. The van der Waals surface area contributed by atoms with Gasteiger partial charge in [0.1, 0.15) is 0 Å². The molecule has 19 heavy (non-hydrogen) atoms. The minimum absolute atomic E-state index is 0.365. The second kappa shape index (κ2) is 4.28. The summed E-state index contributed by atoms with van der Waals surface area (Å²) in [5, 5.41) is 10.3. The molecule has 3 rings (SSSR count). The summed E-state index contributed by atoms with van der Waals surface area (Å²) in [7, 11) is 1.91. The Morgan fingerprint density at radius 1 is 1.05 bits per heavy atom. The summed E-state index contributed by atoms with van der Waals surface area (Å²) in [6, 6.07) is 15.3. The average Bonchev–Trinajstić information content (AvgIpc) is 2.80. The standard InChI is InChI=1S/C16H13NO2/c1-17-10-9-13-14(17)8-7-12(15(13)16(18)19)11-5-3-2-4-6-11/h2-10H,1H3,(H,18,19). The van der Waals surface area contributed by atoms with Crippen LogP contribution in [0.1, 0.15) is 10.4 Å². The van der Waals surface area contributed by atoms with Crippen LogP contribution >= 0.6 is 0 Å². The van der Waals surface area contributed by atoms with Crippen LogP contribution in [0, 0.1) is 0 Å². The van der Waals surface area contributed by atoms with Crippen molar-refractivity contribution >= 4 is 16.9 Å². The molecule has 3 nitrogen and oxygen atoms in total. The van der Waals surface area contributed by atoms with Gasteiger partial charge in [-0.1, -0.05) is 36.4 Å². The van der Waals surface area contributed by atoms with Crippen LogP contribution in [0.15, 0.2) is 54.7 Å². The molecule has 0 bridgehead atoms. The molecule has 0 spiro atoms. The predicted molar refractivity (Wildman–Crippen MR) is 75.3 cm³/mol. The van der Waals surface area contributed by atoms with E-state index < -0.39 is 5.97 Å². The fourth-order valence-corrected chi connectivity index (χ4v) is 2.44. The Labute approximate surface area is 110 Å². The monoisotopic (exact) mass is 251 g/mol. The Morgan fingerprint density at radius 2 is 1.79 bits per heavy atom. The first-order valence-corrected chi connectivity index (χ1v) is 6.05. The van der Waals surface area contributed by atoms with E-state index in [0.717, 1.165) is 22.0 Å². The zero-order valence-electron chi connectivity index (χ0n) is 10.5. The first-order chi connectivity index (χ1) is 9.18. The number of hydrogen-bond acceptors (Lipinski definition) is 1. The predicted octanol–water partition coefficient (Wildman–Crippen LogP) is 3.54. The Hall–Kier alpha value is -2.55. The van der Waals surface area contributed by atoms with E-state index in [0.29, 0.717) is 5.56 Å². The van der Waals surface area contributed by atoms with E-state index in [1.165, 1.54) is 0 Å². The zero-order valence-corrected chi connectivity index (χ0v) is 10.5. The number of fused-ring (bicyclic) bond motifs is 1. The quantitative estimate of drug-likeness (QED) is 0.756. The number of aromatic nitrogens is 1. The normalized spacial score (nSPS) is 10.8. The maximum absolute atomic E-state index is 11.6. The van der Waals surface area contributed by atoms with Crippen molar-refractivity contribution in [3.8, 4) is 11.1 Å². The molecular formula is C16H13NO2. The maximum Gasteiger partial charge on any atom is 0.337 e. The highest BCUT2D eigenvalue weighted by Gasteiger charge is 2.16. The van der Waals surface area contributed by atoms with Crippen molar-refractivity contribution < 1.29 is 9.90 Å². The largest absolute Gasteiger partial charge is 0.478 e. The lowest BCUT2D eigenvalue weighted by molar-refractivity contribution is 0.0700. The van der Waals surface area contributed by atoms with Crippen LogP contribution in [0.25, 0.3) is 22.0 Å². The SMILES string of the molecule is Cn1ccc2c(C(=O)O)c(-c3ccccc3)ccc21. The minimum Gasteiger partial charge on any atom is -0.478 e. The van der Waals surface area contributed by atoms with Crippen LogP contribution in [0.4, 0.5) is 0 Å². The fourth-order valence-electron chi connectivity index (χ4n) is 2.44. The number of carboxylic acids is 1. The van der Waals surface area contributed by atoms with Gasteiger partial charge in [0.25, 0.3) is 0 Å². The molecule has 0 saturated carbocycles. The van der Waals surface area contributed by atoms with E-state index in [9.17, 15) is 9.90 Å². The molecule has 1 aromatic heterocycles. The summed E-state index contributed by atoms with van der Waals surface area (Å²) in [4.78, 5) is 11.6. The van der Waals surface area contributed by atoms with Crippen LogP contribution in [-0.2, 0) is 7.05 Å². The number of aromatic carboxylic acids is 1. The third kappa shape index (κ3) is 1.80. The van der Waals surface area contributed by atoms with Gasteiger partial charge in [-0.05, 0) is 23.3 Å². The molecule has 0 amide bonds. The van der Waals surface area contributed by atoms with E-state index in [1.54, 1.807) is 0 Å². The van der Waals surface area contributed by atoms with Gasteiger partial charge < -0.3 is 9.67 Å². The highest BCUT2D eigenvalue weighted by Crippen LogP contribution is 2.30. The maximum atomic E-state index is 11.6. The Morgan fingerprint density at radius 3 is 2.47 bits per heavy atom. The fraction of sp³-hybridized carbons (Fsp3) is 0.0625. The molecule has 0 aliphatic carbocycles. The first kappa shape index (κ1) is 11.5. The molecule has 1 N–H and O–H groups in total. The number of hydrogen-bond donors (Lipinski definition) is 1. The van der Waals surface area contributed by atoms with Crippen LogP contribution in [0.5, 0.6) is 0 Å². The number of aryl methyl sites for hydroxylation is 1. The van der Waals surface area contributed by atoms with Gasteiger partial charge in [0.15, 0.2) is 0 Å². The van der Waals surface area contributed by atoms with Gasteiger partial charge in [-0.3, -0.25) is 0 Å². The number of nitrogens with zero attached hydrogens (tertiary/aromatic N) is 1. The van der Waals surface area contributed by atoms with Gasteiger partial charge in [-0.25, -0.2) is 4.79 Å². The molecule has 94 valence electrons. The molecule has 1 heterocycles. The summed E-state index contributed by atoms with van der Waals surface area (Å²) < 4.78 is 1.93. The van der Waals surface area contributed by atoms with E-state index in [-0.39, 0.29) is 0 Å². The van der Waals surface area contributed by atoms with E-state index in [2.05, 4.69) is 0 Å². The topological polar surface area (TPSA) is 42.2 Å². The van der Waals surface area contributed by atoms with Crippen molar-refractivity contribution in [1.82, 2.24) is 4.57 Å². The van der Waals surface area contributed by atoms with Gasteiger partial charge in [-0.2, -0.15) is 0 Å². The van der Waals surface area contributed by atoms with Gasteiger partial charge in [0.05, 0.1) is 5.56 Å². The molecule has 3 aromatic rings. The van der Waals surface area contributed by atoms with Crippen molar-refractivity contribution in [2.45, 2.75) is 0 Å². The molecule has 0 radical (unpaired) electrons. The molecule has 0 saturated heterocycles. The molecule has 0 atom stereocenters. The lowest BCUT2D eigenvalue weighted by atomic mass is 9.97. The summed E-state index contributed by atoms with van der Waals surface area (Å²) >= 11 is 0. The number of rotatable bonds is 2. The molecule has 0 fully saturated rings. The number of carbonyl (C=O) groups is 1. The van der Waals surface area contributed by atoms with Gasteiger partial charge in [0, 0.05) is 24.1 Å². The summed E-state index contributed by atoms with van der Waals surface area (Å²) in [5.41, 5.74) is 2.97. The molecule has 3 heteroatoms. The van der Waals surface area contributed by atoms with E-state index >= 15 is 0 Å². The van der Waals surface area contributed by atoms with Crippen molar-refractivity contribution in [2.24, 2.45) is 7.05 Å². The lowest BCUT2D eigenvalue weighted by Crippen LogP contribution is -2.01. The number of carboxylic acid groups (broad SMARTS) is 1. The van der Waals surface area contributed by atoms with Gasteiger partial charge in [-0.15, -0.1) is 0 Å². The Balaban J connectivity index is 2.37. The smallest absolute Gasteiger partial charge is 0.337 e. The third-order valence-electron chi connectivity index (χ3n) is 3.37. The molecular weight excluding hydrogens is 238 g/mol. The van der Waals surface area contributed by atoms with Crippen LogP contribution in [-0.4, -0.2) is 15.6 Å². The van der Waals surface area contributed by atoms with Crippen molar-refractivity contribution in [3.63, 3.8) is 0 Å². The first-order valence-electron chi connectivity index (χ1n) is 6.05. The van der Waals surface area contributed by atoms with Crippen molar-refractivity contribution in [2.75, 3.05) is 0 Å². The van der Waals surface area contributed by atoms with Crippen molar-refractivity contribution in [1.29, 1.82) is 0 Å². The zero-order chi connectivity index (χ0) is 13.4. The van der Waals surface area contributed by atoms with Gasteiger partial charge >= 0.3 is 5.97 Å². The second-order valence-corrected chi connectivity index (χ2v) is 4.52. The molecule has 0 unspecified atom stereocenters. The highest BCUT2D eigenvalue weighted by molar-refractivity contribution is 6.09. The molecule has 0 aliphatic rings. The number of benzene rings is 2. The molecule has 2 aromatic carbocycles. The highest BCUT2D eigenvalue weighted by atomic mass is 16.4. The summed E-state index contributed by atoms with van der Waals surface area (Å²) in [6.07, 6.45) is 1.88. The summed E-state index contributed by atoms with van der Waals surface area (Å²) in [5.74, 6) is -0.893. The summed E-state index contributed by atoms with van der Waals surface area (Å²) in [6.45, 7) is 0. The lowest BCUT2D eigenvalue weighted by Gasteiger charge is -2.08. The van der Waals surface area contributed by atoms with Crippen LogP contribution in [0.3, 0.4) is 0 Å². The van der Waals surface area contributed by atoms with E-state index in [1.807, 2.05) is 66.3 Å². The van der Waals surface area contributed by atoms with Crippen molar-refractivity contribution in [3.05, 3.63) is 60.3 Å². The van der Waals surface area contributed by atoms with Crippen LogP contribution in [0.2, 0.25) is 0 Å². The average molecular weight is 251 g/mol. The van der Waals surface area contributed by atoms with Crippen LogP contribution < -0.4 is 0 Å². The molecule has 0 aliphatic heterocycles. The third-order valence-corrected chi connectivity index (χ3v) is 3.37. The second-order valence-electron chi connectivity index (χ2n) is 4.52. The van der Waals surface area contributed by atoms with Gasteiger partial charge in [0.2, 0.25) is 0 Å².